The van der Waals surface area contributed by atoms with Crippen LogP contribution in [0.5, 0.6) is 0 Å². The first-order chi connectivity index (χ1) is 6.70. The molecule has 1 N–H and O–H groups in total. The van der Waals surface area contributed by atoms with E-state index < -0.39 is 0 Å². The maximum Gasteiger partial charge on any atom is 0.126 e. The van der Waals surface area contributed by atoms with Crippen LogP contribution in [0.3, 0.4) is 0 Å². The largest absolute Gasteiger partial charge is 0.373 e. The summed E-state index contributed by atoms with van der Waals surface area (Å²) in [5.41, 5.74) is 2.10. The molecule has 2 nitrogen and oxygen atoms in total. The van der Waals surface area contributed by atoms with Crippen molar-refractivity contribution < 1.29 is 0 Å². The van der Waals surface area contributed by atoms with Crippen molar-refractivity contribution in [3.8, 4) is 0 Å². The Morgan fingerprint density at radius 3 is 2.79 bits per heavy atom. The molecular formula is C11H11ClN2. The summed E-state index contributed by atoms with van der Waals surface area (Å²) in [5.74, 6) is 0.878. The van der Waals surface area contributed by atoms with Gasteiger partial charge in [0.1, 0.15) is 5.82 Å². The van der Waals surface area contributed by atoms with Gasteiger partial charge in [0.2, 0.25) is 0 Å². The second-order valence-electron chi connectivity index (χ2n) is 3.24. The number of benzene rings is 1. The van der Waals surface area contributed by atoms with Crippen LogP contribution in [0.1, 0.15) is 5.56 Å². The highest BCUT2D eigenvalue weighted by molar-refractivity contribution is 6.31. The number of rotatable bonds is 1. The lowest BCUT2D eigenvalue weighted by Gasteiger charge is -2.05. The third kappa shape index (κ3) is 1.53. The van der Waals surface area contributed by atoms with Gasteiger partial charge in [-0.3, -0.25) is 0 Å². The number of hydrogen-bond donors (Lipinski definition) is 1. The SMILES string of the molecule is CNc1ccc2cc(Cl)cc(C)c2n1. The van der Waals surface area contributed by atoms with Gasteiger partial charge in [0, 0.05) is 17.5 Å². The van der Waals surface area contributed by atoms with E-state index in [9.17, 15) is 0 Å². The van der Waals surface area contributed by atoms with E-state index in [1.54, 1.807) is 0 Å². The van der Waals surface area contributed by atoms with Crippen LogP contribution in [0.4, 0.5) is 5.82 Å². The predicted octanol–water partition coefficient (Wildman–Crippen LogP) is 3.24. The number of pyridine rings is 1. The van der Waals surface area contributed by atoms with Crippen molar-refractivity contribution in [1.82, 2.24) is 4.98 Å². The minimum absolute atomic E-state index is 0.758. The van der Waals surface area contributed by atoms with E-state index in [4.69, 9.17) is 11.6 Å². The Balaban J connectivity index is 2.75. The minimum Gasteiger partial charge on any atom is -0.373 e. The molecule has 0 saturated heterocycles. The average molecular weight is 207 g/mol. The van der Waals surface area contributed by atoms with E-state index in [1.807, 2.05) is 38.2 Å². The van der Waals surface area contributed by atoms with Crippen LogP contribution in [0, 0.1) is 6.92 Å². The molecule has 3 heteroatoms. The van der Waals surface area contributed by atoms with Crippen molar-refractivity contribution in [3.63, 3.8) is 0 Å². The Morgan fingerprint density at radius 2 is 2.07 bits per heavy atom. The Hall–Kier alpha value is -1.28. The smallest absolute Gasteiger partial charge is 0.126 e. The summed E-state index contributed by atoms with van der Waals surface area (Å²) in [6.45, 7) is 2.01. The van der Waals surface area contributed by atoms with Crippen LogP contribution < -0.4 is 5.32 Å². The number of aromatic nitrogens is 1. The fourth-order valence-electron chi connectivity index (χ4n) is 1.51. The number of fused-ring (bicyclic) bond motifs is 1. The van der Waals surface area contributed by atoms with Crippen molar-refractivity contribution in [1.29, 1.82) is 0 Å². The number of nitrogens with zero attached hydrogens (tertiary/aromatic N) is 1. The number of aryl methyl sites for hydroxylation is 1. The molecule has 0 saturated carbocycles. The molecule has 1 heterocycles. The predicted molar refractivity (Wildman–Crippen MR) is 61.0 cm³/mol. The summed E-state index contributed by atoms with van der Waals surface area (Å²) in [4.78, 5) is 4.46. The molecule has 72 valence electrons. The molecule has 0 unspecified atom stereocenters. The van der Waals surface area contributed by atoms with Gasteiger partial charge in [-0.25, -0.2) is 4.98 Å². The van der Waals surface area contributed by atoms with Crippen LogP contribution in [0.15, 0.2) is 24.3 Å². The zero-order chi connectivity index (χ0) is 10.1. The molecule has 1 aromatic heterocycles. The first-order valence-electron chi connectivity index (χ1n) is 4.45. The molecule has 0 fully saturated rings. The quantitative estimate of drug-likeness (QED) is 0.775. The molecule has 0 bridgehead atoms. The van der Waals surface area contributed by atoms with Crippen molar-refractivity contribution in [2.75, 3.05) is 12.4 Å². The second kappa shape index (κ2) is 3.46. The molecule has 0 spiro atoms. The van der Waals surface area contributed by atoms with Crippen molar-refractivity contribution in [2.24, 2.45) is 0 Å². The van der Waals surface area contributed by atoms with Gasteiger partial charge in [-0.15, -0.1) is 0 Å². The Kier molecular flexibility index (Phi) is 2.30. The standard InChI is InChI=1S/C11H11ClN2/c1-7-5-9(12)6-8-3-4-10(13-2)14-11(7)8/h3-6H,1-2H3,(H,13,14). The molecule has 2 rings (SSSR count). The lowest BCUT2D eigenvalue weighted by molar-refractivity contribution is 1.32. The highest BCUT2D eigenvalue weighted by Gasteiger charge is 2.01. The average Bonchev–Trinajstić information content (AvgIpc) is 2.17. The third-order valence-corrected chi connectivity index (χ3v) is 2.42. The molecule has 14 heavy (non-hydrogen) atoms. The Morgan fingerprint density at radius 1 is 1.29 bits per heavy atom. The lowest BCUT2D eigenvalue weighted by atomic mass is 10.1. The molecule has 1 aromatic carbocycles. The zero-order valence-electron chi connectivity index (χ0n) is 8.13. The third-order valence-electron chi connectivity index (χ3n) is 2.20. The van der Waals surface area contributed by atoms with Gasteiger partial charge >= 0.3 is 0 Å². The molecular weight excluding hydrogens is 196 g/mol. The lowest BCUT2D eigenvalue weighted by Crippen LogP contribution is -1.93. The molecule has 0 aliphatic carbocycles. The van der Waals surface area contributed by atoms with Crippen LogP contribution in [-0.2, 0) is 0 Å². The fourth-order valence-corrected chi connectivity index (χ4v) is 1.79. The van der Waals surface area contributed by atoms with E-state index in [2.05, 4.69) is 10.3 Å². The van der Waals surface area contributed by atoms with Gasteiger partial charge in [0.05, 0.1) is 5.52 Å². The van der Waals surface area contributed by atoms with Crippen LogP contribution in [-0.4, -0.2) is 12.0 Å². The molecule has 0 radical (unpaired) electrons. The summed E-state index contributed by atoms with van der Waals surface area (Å²) in [6.07, 6.45) is 0. The van der Waals surface area contributed by atoms with E-state index in [1.165, 1.54) is 0 Å². The number of nitrogens with one attached hydrogen (secondary N) is 1. The monoisotopic (exact) mass is 206 g/mol. The minimum atomic E-state index is 0.758. The van der Waals surface area contributed by atoms with Crippen LogP contribution >= 0.6 is 11.6 Å². The van der Waals surface area contributed by atoms with Gasteiger partial charge < -0.3 is 5.32 Å². The summed E-state index contributed by atoms with van der Waals surface area (Å²) in [7, 11) is 1.86. The normalized spacial score (nSPS) is 10.5. The number of halogens is 1. The van der Waals surface area contributed by atoms with Crippen LogP contribution in [0.25, 0.3) is 10.9 Å². The molecule has 0 aliphatic rings. The molecule has 0 amide bonds. The number of anilines is 1. The fraction of sp³-hybridized carbons (Fsp3) is 0.182. The van der Waals surface area contributed by atoms with Gasteiger partial charge in [0.25, 0.3) is 0 Å². The maximum atomic E-state index is 5.95. The molecule has 0 atom stereocenters. The van der Waals surface area contributed by atoms with E-state index >= 15 is 0 Å². The van der Waals surface area contributed by atoms with Crippen molar-refractivity contribution in [3.05, 3.63) is 34.9 Å². The first-order valence-corrected chi connectivity index (χ1v) is 4.83. The topological polar surface area (TPSA) is 24.9 Å². The highest BCUT2D eigenvalue weighted by Crippen LogP contribution is 2.23. The van der Waals surface area contributed by atoms with Gasteiger partial charge in [-0.1, -0.05) is 11.6 Å². The molecule has 0 aliphatic heterocycles. The van der Waals surface area contributed by atoms with Gasteiger partial charge in [0.15, 0.2) is 0 Å². The van der Waals surface area contributed by atoms with Gasteiger partial charge in [-0.05, 0) is 36.8 Å². The van der Waals surface area contributed by atoms with E-state index in [-0.39, 0.29) is 0 Å². The summed E-state index contributed by atoms with van der Waals surface area (Å²) in [5, 5.41) is 4.85. The highest BCUT2D eigenvalue weighted by atomic mass is 35.5. The first kappa shape index (κ1) is 9.28. The number of hydrogen-bond acceptors (Lipinski definition) is 2. The van der Waals surface area contributed by atoms with E-state index in [0.717, 1.165) is 27.3 Å². The summed E-state index contributed by atoms with van der Waals surface area (Å²) < 4.78 is 0. The second-order valence-corrected chi connectivity index (χ2v) is 3.68. The summed E-state index contributed by atoms with van der Waals surface area (Å²) in [6, 6.07) is 7.82. The van der Waals surface area contributed by atoms with Crippen LogP contribution in [0.2, 0.25) is 5.02 Å². The van der Waals surface area contributed by atoms with Crippen molar-refractivity contribution in [2.45, 2.75) is 6.92 Å². The van der Waals surface area contributed by atoms with Gasteiger partial charge in [-0.2, -0.15) is 0 Å². The van der Waals surface area contributed by atoms with Crippen molar-refractivity contribution >= 4 is 28.3 Å². The maximum absolute atomic E-state index is 5.95. The zero-order valence-corrected chi connectivity index (χ0v) is 8.89. The Bertz CT molecular complexity index is 480. The molecule has 2 aromatic rings. The summed E-state index contributed by atoms with van der Waals surface area (Å²) >= 11 is 5.95. The van der Waals surface area contributed by atoms with E-state index in [0.29, 0.717) is 0 Å². The Labute approximate surface area is 87.9 Å².